The first-order chi connectivity index (χ1) is 14.9. The molecule has 0 radical (unpaired) electrons. The fourth-order valence-electron chi connectivity index (χ4n) is 4.30. The van der Waals surface area contributed by atoms with E-state index >= 15 is 0 Å². The Labute approximate surface area is 185 Å². The summed E-state index contributed by atoms with van der Waals surface area (Å²) in [6.45, 7) is 6.59. The van der Waals surface area contributed by atoms with Crippen LogP contribution < -0.4 is 24.4 Å². The lowest BCUT2D eigenvalue weighted by molar-refractivity contribution is -0.945. The summed E-state index contributed by atoms with van der Waals surface area (Å²) >= 11 is 0. The SMILES string of the molecule is COc1ccc(C[NH+]2CCc3cc(OC)c(OC)cc3[C@H]2CNC(=O)CC(C)C)cc1. The second kappa shape index (κ2) is 10.5. The van der Waals surface area contributed by atoms with Crippen LogP contribution in [0, 0.1) is 5.92 Å². The summed E-state index contributed by atoms with van der Waals surface area (Å²) < 4.78 is 16.4. The highest BCUT2D eigenvalue weighted by atomic mass is 16.5. The number of rotatable bonds is 9. The number of nitrogens with one attached hydrogen (secondary N) is 2. The molecule has 31 heavy (non-hydrogen) atoms. The molecule has 6 heteroatoms. The number of hydrogen-bond donors (Lipinski definition) is 2. The normalized spacial score (nSPS) is 17.7. The maximum Gasteiger partial charge on any atom is 0.220 e. The molecule has 168 valence electrons. The molecule has 2 aromatic carbocycles. The molecule has 1 heterocycles. The summed E-state index contributed by atoms with van der Waals surface area (Å²) in [6.07, 6.45) is 1.50. The van der Waals surface area contributed by atoms with E-state index in [-0.39, 0.29) is 11.9 Å². The summed E-state index contributed by atoms with van der Waals surface area (Å²) in [7, 11) is 5.01. The average Bonchev–Trinajstić information content (AvgIpc) is 2.77. The molecule has 0 bridgehead atoms. The molecule has 1 aliphatic heterocycles. The van der Waals surface area contributed by atoms with Gasteiger partial charge in [-0.3, -0.25) is 4.79 Å². The van der Waals surface area contributed by atoms with Crippen LogP contribution in [0.3, 0.4) is 0 Å². The largest absolute Gasteiger partial charge is 0.497 e. The molecule has 0 saturated carbocycles. The smallest absolute Gasteiger partial charge is 0.220 e. The van der Waals surface area contributed by atoms with E-state index in [2.05, 4.69) is 43.4 Å². The van der Waals surface area contributed by atoms with Gasteiger partial charge < -0.3 is 24.4 Å². The minimum Gasteiger partial charge on any atom is -0.497 e. The summed E-state index contributed by atoms with van der Waals surface area (Å²) in [5, 5.41) is 3.17. The van der Waals surface area contributed by atoms with Gasteiger partial charge in [-0.25, -0.2) is 0 Å². The van der Waals surface area contributed by atoms with Gasteiger partial charge in [-0.1, -0.05) is 13.8 Å². The van der Waals surface area contributed by atoms with Crippen molar-refractivity contribution in [3.63, 3.8) is 0 Å². The minimum atomic E-state index is 0.103. The highest BCUT2D eigenvalue weighted by Crippen LogP contribution is 2.34. The molecule has 0 aliphatic carbocycles. The number of fused-ring (bicyclic) bond motifs is 1. The zero-order chi connectivity index (χ0) is 22.4. The van der Waals surface area contributed by atoms with Crippen LogP contribution in [-0.4, -0.2) is 40.3 Å². The van der Waals surface area contributed by atoms with Crippen molar-refractivity contribution < 1.29 is 23.9 Å². The Bertz CT molecular complexity index is 880. The van der Waals surface area contributed by atoms with Gasteiger partial charge in [0.05, 0.1) is 34.4 Å². The Kier molecular flexibility index (Phi) is 7.80. The molecule has 1 amide bonds. The van der Waals surface area contributed by atoms with Gasteiger partial charge >= 0.3 is 0 Å². The molecule has 0 saturated heterocycles. The van der Waals surface area contributed by atoms with Crippen LogP contribution in [-0.2, 0) is 17.8 Å². The Morgan fingerprint density at radius 3 is 2.35 bits per heavy atom. The summed E-state index contributed by atoms with van der Waals surface area (Å²) in [5.41, 5.74) is 3.73. The molecule has 1 aliphatic rings. The van der Waals surface area contributed by atoms with E-state index in [0.717, 1.165) is 36.8 Å². The van der Waals surface area contributed by atoms with Gasteiger partial charge in [0, 0.05) is 24.0 Å². The van der Waals surface area contributed by atoms with Crippen LogP contribution >= 0.6 is 0 Å². The second-order valence-corrected chi connectivity index (χ2v) is 8.54. The van der Waals surface area contributed by atoms with Crippen molar-refractivity contribution >= 4 is 5.91 Å². The molecule has 0 fully saturated rings. The van der Waals surface area contributed by atoms with Gasteiger partial charge in [0.25, 0.3) is 0 Å². The molecule has 3 rings (SSSR count). The van der Waals surface area contributed by atoms with Crippen molar-refractivity contribution in [2.45, 2.75) is 39.3 Å². The van der Waals surface area contributed by atoms with Crippen LogP contribution in [0.5, 0.6) is 17.2 Å². The van der Waals surface area contributed by atoms with E-state index in [1.165, 1.54) is 21.6 Å². The quantitative estimate of drug-likeness (QED) is 0.646. The maximum absolute atomic E-state index is 12.4. The summed E-state index contributed by atoms with van der Waals surface area (Å²) in [6, 6.07) is 12.5. The zero-order valence-corrected chi connectivity index (χ0v) is 19.3. The third-order valence-electron chi connectivity index (χ3n) is 5.92. The van der Waals surface area contributed by atoms with Crippen molar-refractivity contribution in [3.8, 4) is 17.2 Å². The van der Waals surface area contributed by atoms with Gasteiger partial charge in [-0.05, 0) is 47.9 Å². The number of hydrogen-bond acceptors (Lipinski definition) is 4. The molecule has 2 atom stereocenters. The van der Waals surface area contributed by atoms with E-state index in [0.29, 0.717) is 18.9 Å². The summed E-state index contributed by atoms with van der Waals surface area (Å²) in [5.74, 6) is 2.78. The third-order valence-corrected chi connectivity index (χ3v) is 5.92. The fourth-order valence-corrected chi connectivity index (χ4v) is 4.30. The minimum absolute atomic E-state index is 0.103. The first kappa shape index (κ1) is 22.9. The molecule has 0 spiro atoms. The predicted molar refractivity (Wildman–Crippen MR) is 121 cm³/mol. The number of carbonyl (C=O) groups is 1. The molecule has 0 aromatic heterocycles. The van der Waals surface area contributed by atoms with Crippen LogP contribution in [0.25, 0.3) is 0 Å². The highest BCUT2D eigenvalue weighted by Gasteiger charge is 2.33. The maximum atomic E-state index is 12.4. The standard InChI is InChI=1S/C25H34N2O4/c1-17(2)12-25(28)26-15-22-21-14-24(31-5)23(30-4)13-19(21)10-11-27(22)16-18-6-8-20(29-3)9-7-18/h6-9,13-14,17,22H,10-12,15-16H2,1-5H3,(H,26,28)/p+1/t22-/m1/s1. The van der Waals surface area contributed by atoms with Gasteiger partial charge in [0.1, 0.15) is 18.3 Å². The molecular formula is C25H35N2O4+. The van der Waals surface area contributed by atoms with Crippen molar-refractivity contribution in [2.24, 2.45) is 5.92 Å². The number of carbonyl (C=O) groups excluding carboxylic acids is 1. The molecule has 2 aromatic rings. The molecular weight excluding hydrogens is 392 g/mol. The Hall–Kier alpha value is -2.73. The molecule has 1 unspecified atom stereocenters. The van der Waals surface area contributed by atoms with Crippen LogP contribution in [0.4, 0.5) is 0 Å². The number of methoxy groups -OCH3 is 3. The van der Waals surface area contributed by atoms with E-state index in [4.69, 9.17) is 14.2 Å². The number of quaternary nitrogens is 1. The van der Waals surface area contributed by atoms with E-state index in [1.54, 1.807) is 21.3 Å². The van der Waals surface area contributed by atoms with Crippen LogP contribution in [0.1, 0.15) is 43.0 Å². The lowest BCUT2D eigenvalue weighted by Gasteiger charge is -2.35. The van der Waals surface area contributed by atoms with Crippen LogP contribution in [0.2, 0.25) is 0 Å². The summed E-state index contributed by atoms with van der Waals surface area (Å²) in [4.78, 5) is 13.8. The zero-order valence-electron chi connectivity index (χ0n) is 19.3. The fraction of sp³-hybridized carbons (Fsp3) is 0.480. The van der Waals surface area contributed by atoms with Gasteiger partial charge in [-0.15, -0.1) is 0 Å². The van der Waals surface area contributed by atoms with Crippen molar-refractivity contribution in [1.82, 2.24) is 5.32 Å². The lowest BCUT2D eigenvalue weighted by Crippen LogP contribution is -3.12. The Balaban J connectivity index is 1.87. The van der Waals surface area contributed by atoms with Crippen molar-refractivity contribution in [3.05, 3.63) is 53.1 Å². The Morgan fingerprint density at radius 2 is 1.74 bits per heavy atom. The topological polar surface area (TPSA) is 61.2 Å². The number of ether oxygens (including phenoxy) is 3. The molecule has 6 nitrogen and oxygen atoms in total. The predicted octanol–water partition coefficient (Wildman–Crippen LogP) is 2.56. The first-order valence-corrected chi connectivity index (χ1v) is 10.9. The average molecular weight is 428 g/mol. The third kappa shape index (κ3) is 5.70. The van der Waals surface area contributed by atoms with E-state index in [1.807, 2.05) is 12.1 Å². The first-order valence-electron chi connectivity index (χ1n) is 10.9. The van der Waals surface area contributed by atoms with Gasteiger partial charge in [0.15, 0.2) is 11.5 Å². The van der Waals surface area contributed by atoms with E-state index < -0.39 is 0 Å². The molecule has 2 N–H and O–H groups in total. The van der Waals surface area contributed by atoms with Gasteiger partial charge in [0.2, 0.25) is 5.91 Å². The Morgan fingerprint density at radius 1 is 1.06 bits per heavy atom. The second-order valence-electron chi connectivity index (χ2n) is 8.54. The van der Waals surface area contributed by atoms with E-state index in [9.17, 15) is 4.79 Å². The highest BCUT2D eigenvalue weighted by molar-refractivity contribution is 5.76. The monoisotopic (exact) mass is 427 g/mol. The van der Waals surface area contributed by atoms with Crippen molar-refractivity contribution in [1.29, 1.82) is 0 Å². The van der Waals surface area contributed by atoms with Gasteiger partial charge in [-0.2, -0.15) is 0 Å². The lowest BCUT2D eigenvalue weighted by atomic mass is 9.91. The number of benzene rings is 2. The number of amides is 1. The van der Waals surface area contributed by atoms with Crippen LogP contribution in [0.15, 0.2) is 36.4 Å². The van der Waals surface area contributed by atoms with Crippen molar-refractivity contribution in [2.75, 3.05) is 34.4 Å².